The molecule has 0 bridgehead atoms. The molecule has 1 rings (SSSR count). The molecule has 0 saturated heterocycles. The zero-order valence-corrected chi connectivity index (χ0v) is 10.3. The molecule has 4 heteroatoms. The first-order chi connectivity index (χ1) is 7.05. The van der Waals surface area contributed by atoms with Crippen LogP contribution in [0.2, 0.25) is 19.6 Å². The number of para-hydroxylation sites is 1. The Morgan fingerprint density at radius 1 is 1.20 bits per heavy atom. The molecular formula is C11H16N2OSi. The van der Waals surface area contributed by atoms with Crippen LogP contribution in [0.4, 0.5) is 5.69 Å². The molecular weight excluding hydrogens is 204 g/mol. The van der Waals surface area contributed by atoms with Crippen LogP contribution in [0.1, 0.15) is 0 Å². The van der Waals surface area contributed by atoms with Gasteiger partial charge in [-0.2, -0.15) is 5.10 Å². The third-order valence-corrected chi connectivity index (χ3v) is 3.52. The van der Waals surface area contributed by atoms with Gasteiger partial charge in [-0.3, -0.25) is 9.47 Å². The Kier molecular flexibility index (Phi) is 3.79. The van der Waals surface area contributed by atoms with Crippen LogP contribution in [0.15, 0.2) is 35.4 Å². The fourth-order valence-electron chi connectivity index (χ4n) is 1.29. The van der Waals surface area contributed by atoms with Gasteiger partial charge in [0.2, 0.25) is 0 Å². The maximum Gasteiger partial charge on any atom is 0.176 e. The van der Waals surface area contributed by atoms with E-state index in [1.54, 1.807) is 0 Å². The second-order valence-corrected chi connectivity index (χ2v) is 8.98. The molecule has 1 aromatic rings. The number of hydrazone groups is 1. The van der Waals surface area contributed by atoms with Crippen molar-refractivity contribution in [1.29, 1.82) is 0 Å². The lowest BCUT2D eigenvalue weighted by Crippen LogP contribution is -2.42. The summed E-state index contributed by atoms with van der Waals surface area (Å²) in [5.74, 6) is 0. The molecule has 0 aliphatic rings. The summed E-state index contributed by atoms with van der Waals surface area (Å²) < 4.78 is 1.96. The third kappa shape index (κ3) is 3.32. The van der Waals surface area contributed by atoms with Crippen LogP contribution in [0.3, 0.4) is 0 Å². The van der Waals surface area contributed by atoms with E-state index in [0.717, 1.165) is 5.69 Å². The lowest BCUT2D eigenvalue weighted by atomic mass is 10.3. The van der Waals surface area contributed by atoms with E-state index in [2.05, 4.69) is 24.7 Å². The largest absolute Gasteiger partial charge is 0.297 e. The summed E-state index contributed by atoms with van der Waals surface area (Å²) in [5.41, 5.74) is 1.04. The first-order valence-corrected chi connectivity index (χ1v) is 8.33. The van der Waals surface area contributed by atoms with Gasteiger partial charge in [0, 0.05) is 5.69 Å². The fourth-order valence-corrected chi connectivity index (χ4v) is 2.63. The topological polar surface area (TPSA) is 32.7 Å². The Bertz CT molecular complexity index is 343. The molecule has 0 fully saturated rings. The number of carbonyl (C=O) groups excluding carboxylic acids is 1. The van der Waals surface area contributed by atoms with E-state index in [1.165, 1.54) is 6.21 Å². The normalized spacial score (nSPS) is 11.7. The number of anilines is 1. The Balaban J connectivity index is 3.02. The van der Waals surface area contributed by atoms with Crippen molar-refractivity contribution in [3.8, 4) is 0 Å². The minimum Gasteiger partial charge on any atom is -0.297 e. The number of hydrogen-bond donors (Lipinski definition) is 0. The fraction of sp³-hybridized carbons (Fsp3) is 0.273. The Labute approximate surface area is 91.5 Å². The second-order valence-electron chi connectivity index (χ2n) is 4.22. The standard InChI is InChI=1S/C11H16N2OSi/c1-15(2,3)13(12-9-10-14)11-7-5-4-6-8-11/h4-10H,1-3H3. The average molecular weight is 220 g/mol. The van der Waals surface area contributed by atoms with Crippen LogP contribution in [0.25, 0.3) is 0 Å². The first-order valence-electron chi connectivity index (χ1n) is 4.89. The van der Waals surface area contributed by atoms with E-state index in [-0.39, 0.29) is 0 Å². The van der Waals surface area contributed by atoms with Crippen molar-refractivity contribution < 1.29 is 4.79 Å². The van der Waals surface area contributed by atoms with Crippen molar-refractivity contribution in [3.63, 3.8) is 0 Å². The van der Waals surface area contributed by atoms with Gasteiger partial charge in [0.05, 0.1) is 6.21 Å². The molecule has 0 N–H and O–H groups in total. The van der Waals surface area contributed by atoms with E-state index in [0.29, 0.717) is 6.29 Å². The van der Waals surface area contributed by atoms with Gasteiger partial charge in [-0.1, -0.05) is 18.2 Å². The van der Waals surface area contributed by atoms with Crippen molar-refractivity contribution in [2.24, 2.45) is 5.10 Å². The molecule has 0 amide bonds. The highest BCUT2D eigenvalue weighted by atomic mass is 28.3. The highest BCUT2D eigenvalue weighted by molar-refractivity contribution is 6.79. The van der Waals surface area contributed by atoms with E-state index >= 15 is 0 Å². The van der Waals surface area contributed by atoms with Gasteiger partial charge in [-0.25, -0.2) is 0 Å². The second kappa shape index (κ2) is 4.88. The van der Waals surface area contributed by atoms with E-state index < -0.39 is 8.24 Å². The van der Waals surface area contributed by atoms with Gasteiger partial charge in [0.1, 0.15) is 0 Å². The Hall–Kier alpha value is -1.42. The molecule has 3 nitrogen and oxygen atoms in total. The molecule has 0 saturated carbocycles. The summed E-state index contributed by atoms with van der Waals surface area (Å²) in [7, 11) is -1.59. The summed E-state index contributed by atoms with van der Waals surface area (Å²) in [6, 6.07) is 9.91. The van der Waals surface area contributed by atoms with Crippen molar-refractivity contribution in [3.05, 3.63) is 30.3 Å². The zero-order chi connectivity index (χ0) is 11.3. The summed E-state index contributed by atoms with van der Waals surface area (Å²) >= 11 is 0. The van der Waals surface area contributed by atoms with Crippen LogP contribution in [-0.4, -0.2) is 20.7 Å². The van der Waals surface area contributed by atoms with Gasteiger partial charge in [0.25, 0.3) is 0 Å². The van der Waals surface area contributed by atoms with Crippen molar-refractivity contribution in [2.75, 3.05) is 4.67 Å². The van der Waals surface area contributed by atoms with Gasteiger partial charge >= 0.3 is 0 Å². The summed E-state index contributed by atoms with van der Waals surface area (Å²) in [6.45, 7) is 6.55. The van der Waals surface area contributed by atoms with Crippen LogP contribution >= 0.6 is 0 Å². The highest BCUT2D eigenvalue weighted by Crippen LogP contribution is 2.20. The van der Waals surface area contributed by atoms with Gasteiger partial charge in [0.15, 0.2) is 14.5 Å². The number of carbonyl (C=O) groups is 1. The quantitative estimate of drug-likeness (QED) is 0.338. The van der Waals surface area contributed by atoms with E-state index in [9.17, 15) is 4.79 Å². The third-order valence-electron chi connectivity index (χ3n) is 1.88. The lowest BCUT2D eigenvalue weighted by molar-refractivity contribution is -0.102. The highest BCUT2D eigenvalue weighted by Gasteiger charge is 2.23. The molecule has 0 aromatic heterocycles. The number of benzene rings is 1. The predicted octanol–water partition coefficient (Wildman–Crippen LogP) is 2.51. The molecule has 0 spiro atoms. The van der Waals surface area contributed by atoms with Gasteiger partial charge < -0.3 is 0 Å². The SMILES string of the molecule is C[Si](C)(C)N(N=CC=O)c1ccccc1. The minimum atomic E-state index is -1.59. The maximum absolute atomic E-state index is 10.3. The zero-order valence-electron chi connectivity index (χ0n) is 9.34. The molecule has 80 valence electrons. The van der Waals surface area contributed by atoms with Crippen LogP contribution in [0, 0.1) is 0 Å². The maximum atomic E-state index is 10.3. The van der Waals surface area contributed by atoms with Gasteiger partial charge in [-0.15, -0.1) is 0 Å². The van der Waals surface area contributed by atoms with Crippen LogP contribution in [0.5, 0.6) is 0 Å². The van der Waals surface area contributed by atoms with Crippen molar-refractivity contribution >= 4 is 26.4 Å². The number of rotatable bonds is 4. The molecule has 0 atom stereocenters. The predicted molar refractivity (Wildman–Crippen MR) is 66.8 cm³/mol. The molecule has 0 heterocycles. The minimum absolute atomic E-state index is 0.704. The van der Waals surface area contributed by atoms with Crippen molar-refractivity contribution in [1.82, 2.24) is 0 Å². The van der Waals surface area contributed by atoms with E-state index in [4.69, 9.17) is 0 Å². The lowest BCUT2D eigenvalue weighted by Gasteiger charge is -2.31. The number of aldehydes is 1. The average Bonchev–Trinajstić information content (AvgIpc) is 2.18. The molecule has 0 aliphatic carbocycles. The number of hydrogen-bond acceptors (Lipinski definition) is 3. The smallest absolute Gasteiger partial charge is 0.176 e. The summed E-state index contributed by atoms with van der Waals surface area (Å²) in [5, 5.41) is 4.19. The molecule has 0 radical (unpaired) electrons. The Morgan fingerprint density at radius 3 is 2.27 bits per heavy atom. The summed E-state index contributed by atoms with van der Waals surface area (Å²) in [6.07, 6.45) is 2.00. The van der Waals surface area contributed by atoms with Gasteiger partial charge in [-0.05, 0) is 31.8 Å². The molecule has 15 heavy (non-hydrogen) atoms. The van der Waals surface area contributed by atoms with Crippen LogP contribution < -0.4 is 4.67 Å². The van der Waals surface area contributed by atoms with E-state index in [1.807, 2.05) is 35.0 Å². The number of nitrogens with zero attached hydrogens (tertiary/aromatic N) is 2. The monoisotopic (exact) mass is 220 g/mol. The first kappa shape index (κ1) is 11.7. The molecule has 0 unspecified atom stereocenters. The van der Waals surface area contributed by atoms with Crippen LogP contribution in [-0.2, 0) is 4.79 Å². The van der Waals surface area contributed by atoms with Crippen molar-refractivity contribution in [2.45, 2.75) is 19.6 Å². The Morgan fingerprint density at radius 2 is 1.80 bits per heavy atom. The summed E-state index contributed by atoms with van der Waals surface area (Å²) in [4.78, 5) is 10.3. The molecule has 0 aliphatic heterocycles. The molecule has 1 aromatic carbocycles.